The van der Waals surface area contributed by atoms with Crippen LogP contribution in [0, 0.1) is 5.82 Å². The van der Waals surface area contributed by atoms with Crippen molar-refractivity contribution in [2.75, 3.05) is 7.05 Å². The summed E-state index contributed by atoms with van der Waals surface area (Å²) in [6.07, 6.45) is 0.0695. The molecule has 27 heavy (non-hydrogen) atoms. The number of halogens is 2. The van der Waals surface area contributed by atoms with Crippen molar-refractivity contribution < 1.29 is 14.0 Å². The van der Waals surface area contributed by atoms with Crippen LogP contribution in [0.1, 0.15) is 12.0 Å². The van der Waals surface area contributed by atoms with Crippen LogP contribution in [0.2, 0.25) is 5.02 Å². The summed E-state index contributed by atoms with van der Waals surface area (Å²) in [6.45, 7) is 0.242. The number of nitrogens with zero attached hydrogens (tertiary/aromatic N) is 2. The molecule has 8 heteroatoms. The van der Waals surface area contributed by atoms with E-state index in [1.54, 1.807) is 36.4 Å². The van der Waals surface area contributed by atoms with Gasteiger partial charge in [-0.3, -0.25) is 14.5 Å². The Morgan fingerprint density at radius 2 is 2.07 bits per heavy atom. The Balaban J connectivity index is 1.93. The van der Waals surface area contributed by atoms with Gasteiger partial charge in [0.05, 0.1) is 17.5 Å². The summed E-state index contributed by atoms with van der Waals surface area (Å²) in [7, 11) is 1.53. The Kier molecular flexibility index (Phi) is 6.13. The number of amides is 2. The van der Waals surface area contributed by atoms with Crippen LogP contribution in [0.15, 0.2) is 53.5 Å². The molecular formula is C19H17ClFN3O2S. The number of carbonyl (C=O) groups excluding carboxylic acids is 2. The third-order valence-electron chi connectivity index (χ3n) is 3.97. The SMILES string of the molecule is CNC(=O)[C@@H]1CC(=O)N(Cc2ccc(F)cc2)C(=Nc2cccc(Cl)c2)S1. The summed E-state index contributed by atoms with van der Waals surface area (Å²) >= 11 is 7.24. The monoisotopic (exact) mass is 405 g/mol. The van der Waals surface area contributed by atoms with Crippen LogP contribution >= 0.6 is 23.4 Å². The Labute approximate surface area is 165 Å². The number of carbonyl (C=O) groups is 2. The fourth-order valence-electron chi connectivity index (χ4n) is 2.59. The number of thioether (sulfide) groups is 1. The molecule has 3 rings (SSSR count). The van der Waals surface area contributed by atoms with Crippen LogP contribution in [0.5, 0.6) is 0 Å². The maximum atomic E-state index is 13.2. The molecular weight excluding hydrogens is 389 g/mol. The molecule has 1 heterocycles. The van der Waals surface area contributed by atoms with Crippen molar-refractivity contribution in [3.8, 4) is 0 Å². The van der Waals surface area contributed by atoms with Gasteiger partial charge in [0.15, 0.2) is 5.17 Å². The van der Waals surface area contributed by atoms with Gasteiger partial charge in [-0.1, -0.05) is 41.6 Å². The average molecular weight is 406 g/mol. The van der Waals surface area contributed by atoms with Gasteiger partial charge in [-0.15, -0.1) is 0 Å². The lowest BCUT2D eigenvalue weighted by molar-refractivity contribution is -0.130. The Morgan fingerprint density at radius 1 is 1.33 bits per heavy atom. The van der Waals surface area contributed by atoms with Gasteiger partial charge in [-0.25, -0.2) is 9.38 Å². The molecule has 1 aliphatic heterocycles. The van der Waals surface area contributed by atoms with E-state index in [0.29, 0.717) is 15.9 Å². The number of hydrogen-bond donors (Lipinski definition) is 1. The largest absolute Gasteiger partial charge is 0.358 e. The van der Waals surface area contributed by atoms with Crippen molar-refractivity contribution >= 4 is 46.0 Å². The summed E-state index contributed by atoms with van der Waals surface area (Å²) in [6, 6.07) is 12.9. The minimum atomic E-state index is -0.551. The first-order valence-electron chi connectivity index (χ1n) is 8.23. The minimum absolute atomic E-state index is 0.0695. The highest BCUT2D eigenvalue weighted by Gasteiger charge is 2.35. The number of hydrogen-bond acceptors (Lipinski definition) is 4. The van der Waals surface area contributed by atoms with Crippen molar-refractivity contribution in [1.82, 2.24) is 10.2 Å². The van der Waals surface area contributed by atoms with E-state index < -0.39 is 5.25 Å². The van der Waals surface area contributed by atoms with Gasteiger partial charge < -0.3 is 5.32 Å². The number of amidine groups is 1. The van der Waals surface area contributed by atoms with Crippen molar-refractivity contribution in [2.45, 2.75) is 18.2 Å². The van der Waals surface area contributed by atoms with Gasteiger partial charge in [-0.2, -0.15) is 0 Å². The Morgan fingerprint density at radius 3 is 2.74 bits per heavy atom. The first kappa shape index (κ1) is 19.4. The zero-order chi connectivity index (χ0) is 19.4. The molecule has 2 aromatic carbocycles. The molecule has 0 radical (unpaired) electrons. The molecule has 1 saturated heterocycles. The molecule has 0 bridgehead atoms. The van der Waals surface area contributed by atoms with Crippen LogP contribution in [0.25, 0.3) is 0 Å². The van der Waals surface area contributed by atoms with Crippen LogP contribution in [-0.4, -0.2) is 34.2 Å². The van der Waals surface area contributed by atoms with E-state index in [4.69, 9.17) is 11.6 Å². The predicted octanol–water partition coefficient (Wildman–Crippen LogP) is 3.75. The van der Waals surface area contributed by atoms with E-state index in [1.807, 2.05) is 0 Å². The fraction of sp³-hybridized carbons (Fsp3) is 0.211. The lowest BCUT2D eigenvalue weighted by Gasteiger charge is -2.31. The van der Waals surface area contributed by atoms with Crippen molar-refractivity contribution in [1.29, 1.82) is 0 Å². The zero-order valence-electron chi connectivity index (χ0n) is 14.5. The normalized spacial score (nSPS) is 18.6. The maximum Gasteiger partial charge on any atom is 0.233 e. The summed E-state index contributed by atoms with van der Waals surface area (Å²) in [5.74, 6) is -0.786. The molecule has 1 fully saturated rings. The lowest BCUT2D eigenvalue weighted by Crippen LogP contribution is -2.45. The quantitative estimate of drug-likeness (QED) is 0.842. The maximum absolute atomic E-state index is 13.2. The molecule has 2 aromatic rings. The molecule has 0 unspecified atom stereocenters. The second kappa shape index (κ2) is 8.54. The molecule has 5 nitrogen and oxygen atoms in total. The standard InChI is InChI=1S/C19H17ClFN3O2S/c1-22-18(26)16-10-17(25)24(11-12-5-7-14(21)8-6-12)19(27-16)23-15-4-2-3-13(20)9-15/h2-9,16H,10-11H2,1H3,(H,22,26)/t16-/m0/s1. The molecule has 0 spiro atoms. The van der Waals surface area contributed by atoms with Crippen LogP contribution in [0.3, 0.4) is 0 Å². The molecule has 140 valence electrons. The van der Waals surface area contributed by atoms with E-state index in [0.717, 1.165) is 5.56 Å². The molecule has 1 atom stereocenters. The number of benzene rings is 2. The van der Waals surface area contributed by atoms with E-state index in [2.05, 4.69) is 10.3 Å². The zero-order valence-corrected chi connectivity index (χ0v) is 16.1. The van der Waals surface area contributed by atoms with Gasteiger partial charge >= 0.3 is 0 Å². The molecule has 2 amide bonds. The van der Waals surface area contributed by atoms with Gasteiger partial charge in [0.25, 0.3) is 0 Å². The van der Waals surface area contributed by atoms with Crippen LogP contribution in [-0.2, 0) is 16.1 Å². The highest BCUT2D eigenvalue weighted by atomic mass is 35.5. The molecule has 0 saturated carbocycles. The first-order chi connectivity index (χ1) is 13.0. The minimum Gasteiger partial charge on any atom is -0.358 e. The average Bonchev–Trinajstić information content (AvgIpc) is 2.65. The number of rotatable bonds is 4. The topological polar surface area (TPSA) is 61.8 Å². The number of aliphatic imine (C=N–C) groups is 1. The fourth-order valence-corrected chi connectivity index (χ4v) is 3.93. The third kappa shape index (κ3) is 4.87. The van der Waals surface area contributed by atoms with Crippen LogP contribution < -0.4 is 5.32 Å². The molecule has 1 N–H and O–H groups in total. The Hall–Kier alpha value is -2.38. The first-order valence-corrected chi connectivity index (χ1v) is 9.49. The Bertz CT molecular complexity index is 889. The summed E-state index contributed by atoms with van der Waals surface area (Å²) in [5, 5.41) is 2.95. The summed E-state index contributed by atoms with van der Waals surface area (Å²) in [4.78, 5) is 30.8. The summed E-state index contributed by atoms with van der Waals surface area (Å²) < 4.78 is 13.2. The number of nitrogens with one attached hydrogen (secondary N) is 1. The van der Waals surface area contributed by atoms with Gasteiger partial charge in [0.2, 0.25) is 11.8 Å². The van der Waals surface area contributed by atoms with E-state index in [1.165, 1.54) is 35.8 Å². The van der Waals surface area contributed by atoms with E-state index >= 15 is 0 Å². The molecule has 1 aliphatic rings. The van der Waals surface area contributed by atoms with Crippen molar-refractivity contribution in [3.05, 3.63) is 64.9 Å². The van der Waals surface area contributed by atoms with Crippen molar-refractivity contribution in [2.24, 2.45) is 4.99 Å². The predicted molar refractivity (Wildman–Crippen MR) is 106 cm³/mol. The highest BCUT2D eigenvalue weighted by molar-refractivity contribution is 8.15. The van der Waals surface area contributed by atoms with Crippen LogP contribution in [0.4, 0.5) is 10.1 Å². The molecule has 0 aliphatic carbocycles. The van der Waals surface area contributed by atoms with Gasteiger partial charge in [0.1, 0.15) is 5.82 Å². The van der Waals surface area contributed by atoms with Gasteiger partial charge in [-0.05, 0) is 35.9 Å². The highest BCUT2D eigenvalue weighted by Crippen LogP contribution is 2.30. The smallest absolute Gasteiger partial charge is 0.233 e. The third-order valence-corrected chi connectivity index (χ3v) is 5.39. The van der Waals surface area contributed by atoms with Gasteiger partial charge in [0, 0.05) is 18.5 Å². The lowest BCUT2D eigenvalue weighted by atomic mass is 10.2. The summed E-state index contributed by atoms with van der Waals surface area (Å²) in [5.41, 5.74) is 1.35. The van der Waals surface area contributed by atoms with Crippen molar-refractivity contribution in [3.63, 3.8) is 0 Å². The second-order valence-electron chi connectivity index (χ2n) is 5.91. The second-order valence-corrected chi connectivity index (χ2v) is 7.51. The van der Waals surface area contributed by atoms with E-state index in [-0.39, 0.29) is 30.6 Å². The van der Waals surface area contributed by atoms with E-state index in [9.17, 15) is 14.0 Å². The molecule has 0 aromatic heterocycles.